The number of alkyl halides is 3. The van der Waals surface area contributed by atoms with Gasteiger partial charge in [-0.3, -0.25) is 11.3 Å². The molecule has 0 aliphatic rings. The van der Waals surface area contributed by atoms with E-state index in [1.165, 1.54) is 6.20 Å². The summed E-state index contributed by atoms with van der Waals surface area (Å²) >= 11 is 0.609. The standard InChI is InChI=1S/C8H13F3N4S/c1-15(2)4-5(14-12)6-3-13-7(16-6)8(9,10)11/h3,5,14H,4,12H2,1-2H3. The lowest BCUT2D eigenvalue weighted by atomic mass is 10.2. The number of nitrogens with one attached hydrogen (secondary N) is 1. The van der Waals surface area contributed by atoms with Gasteiger partial charge in [-0.1, -0.05) is 0 Å². The summed E-state index contributed by atoms with van der Waals surface area (Å²) in [5.41, 5.74) is 2.48. The minimum atomic E-state index is -4.39. The van der Waals surface area contributed by atoms with Crippen molar-refractivity contribution in [3.05, 3.63) is 16.1 Å². The van der Waals surface area contributed by atoms with Gasteiger partial charge in [0.05, 0.1) is 6.04 Å². The Morgan fingerprint density at radius 2 is 2.19 bits per heavy atom. The number of thiazole rings is 1. The average molecular weight is 254 g/mol. The van der Waals surface area contributed by atoms with Crippen LogP contribution in [0.4, 0.5) is 13.2 Å². The molecule has 92 valence electrons. The zero-order valence-corrected chi connectivity index (χ0v) is 9.69. The maximum absolute atomic E-state index is 12.3. The minimum Gasteiger partial charge on any atom is -0.307 e. The Balaban J connectivity index is 2.83. The second kappa shape index (κ2) is 5.09. The summed E-state index contributed by atoms with van der Waals surface area (Å²) in [7, 11) is 3.63. The van der Waals surface area contributed by atoms with Crippen molar-refractivity contribution in [3.63, 3.8) is 0 Å². The fourth-order valence-electron chi connectivity index (χ4n) is 1.17. The van der Waals surface area contributed by atoms with E-state index in [9.17, 15) is 13.2 Å². The SMILES string of the molecule is CN(C)CC(NN)c1cnc(C(F)(F)F)s1. The molecule has 0 radical (unpaired) electrons. The van der Waals surface area contributed by atoms with E-state index in [-0.39, 0.29) is 6.04 Å². The zero-order valence-electron chi connectivity index (χ0n) is 8.88. The topological polar surface area (TPSA) is 54.2 Å². The second-order valence-electron chi connectivity index (χ2n) is 3.55. The van der Waals surface area contributed by atoms with Gasteiger partial charge in [0.15, 0.2) is 5.01 Å². The number of hydrogen-bond donors (Lipinski definition) is 2. The highest BCUT2D eigenvalue weighted by Crippen LogP contribution is 2.34. The number of nitrogens with two attached hydrogens (primary N) is 1. The van der Waals surface area contributed by atoms with E-state index in [2.05, 4.69) is 10.4 Å². The van der Waals surface area contributed by atoms with Crippen molar-refractivity contribution in [1.29, 1.82) is 0 Å². The molecule has 0 saturated carbocycles. The molecule has 1 atom stereocenters. The number of hydrogen-bond acceptors (Lipinski definition) is 5. The summed E-state index contributed by atoms with van der Waals surface area (Å²) < 4.78 is 37.0. The predicted octanol–water partition coefficient (Wildman–Crippen LogP) is 1.23. The van der Waals surface area contributed by atoms with Gasteiger partial charge in [0, 0.05) is 17.6 Å². The molecule has 1 heterocycles. The van der Waals surface area contributed by atoms with E-state index in [0.29, 0.717) is 22.8 Å². The molecule has 1 aromatic heterocycles. The van der Waals surface area contributed by atoms with Crippen LogP contribution in [0.5, 0.6) is 0 Å². The van der Waals surface area contributed by atoms with Gasteiger partial charge >= 0.3 is 6.18 Å². The zero-order chi connectivity index (χ0) is 12.3. The smallest absolute Gasteiger partial charge is 0.307 e. The molecule has 1 unspecified atom stereocenters. The van der Waals surface area contributed by atoms with Crippen molar-refractivity contribution in [2.45, 2.75) is 12.2 Å². The van der Waals surface area contributed by atoms with Crippen LogP contribution in [0.25, 0.3) is 0 Å². The first-order valence-electron chi connectivity index (χ1n) is 4.48. The van der Waals surface area contributed by atoms with Crippen LogP contribution in [0.15, 0.2) is 6.20 Å². The Labute approximate surface area is 95.2 Å². The summed E-state index contributed by atoms with van der Waals surface area (Å²) in [6.07, 6.45) is -3.18. The van der Waals surface area contributed by atoms with E-state index < -0.39 is 11.2 Å². The van der Waals surface area contributed by atoms with E-state index >= 15 is 0 Å². The summed E-state index contributed by atoms with van der Waals surface area (Å²) in [6, 6.07) is -0.344. The monoisotopic (exact) mass is 254 g/mol. The molecule has 0 spiro atoms. The molecule has 0 fully saturated rings. The van der Waals surface area contributed by atoms with Crippen molar-refractivity contribution in [3.8, 4) is 0 Å². The van der Waals surface area contributed by atoms with Crippen LogP contribution in [0.1, 0.15) is 15.9 Å². The van der Waals surface area contributed by atoms with Crippen molar-refractivity contribution >= 4 is 11.3 Å². The first-order chi connectivity index (χ1) is 7.34. The van der Waals surface area contributed by atoms with Gasteiger partial charge < -0.3 is 4.90 Å². The highest BCUT2D eigenvalue weighted by molar-refractivity contribution is 7.11. The first-order valence-corrected chi connectivity index (χ1v) is 5.30. The van der Waals surface area contributed by atoms with Gasteiger partial charge in [-0.2, -0.15) is 13.2 Å². The van der Waals surface area contributed by atoms with E-state index in [1.54, 1.807) is 0 Å². The third-order valence-corrected chi connectivity index (χ3v) is 3.01. The average Bonchev–Trinajstić information content (AvgIpc) is 2.61. The number of nitrogens with zero attached hydrogens (tertiary/aromatic N) is 2. The Bertz CT molecular complexity index is 336. The Kier molecular flexibility index (Phi) is 4.25. The molecular formula is C8H13F3N4S. The predicted molar refractivity (Wildman–Crippen MR) is 55.7 cm³/mol. The van der Waals surface area contributed by atoms with Crippen LogP contribution in [-0.4, -0.2) is 30.5 Å². The van der Waals surface area contributed by atoms with E-state index in [1.807, 2.05) is 19.0 Å². The number of likely N-dealkylation sites (N-methyl/N-ethyl adjacent to an activating group) is 1. The molecule has 0 bridgehead atoms. The van der Waals surface area contributed by atoms with Crippen molar-refractivity contribution in [2.24, 2.45) is 5.84 Å². The Morgan fingerprint density at radius 1 is 1.56 bits per heavy atom. The quantitative estimate of drug-likeness (QED) is 0.627. The lowest BCUT2D eigenvalue weighted by molar-refractivity contribution is -0.137. The Morgan fingerprint density at radius 3 is 2.56 bits per heavy atom. The van der Waals surface area contributed by atoms with Gasteiger partial charge in [-0.15, -0.1) is 11.3 Å². The fourth-order valence-corrected chi connectivity index (χ4v) is 2.00. The molecule has 0 amide bonds. The summed E-state index contributed by atoms with van der Waals surface area (Å²) in [5.74, 6) is 5.29. The highest BCUT2D eigenvalue weighted by Gasteiger charge is 2.35. The van der Waals surface area contributed by atoms with Crippen LogP contribution >= 0.6 is 11.3 Å². The van der Waals surface area contributed by atoms with Gasteiger partial charge in [0.25, 0.3) is 0 Å². The highest BCUT2D eigenvalue weighted by atomic mass is 32.1. The third-order valence-electron chi connectivity index (χ3n) is 1.86. The van der Waals surface area contributed by atoms with Crippen LogP contribution < -0.4 is 11.3 Å². The lowest BCUT2D eigenvalue weighted by Gasteiger charge is -2.18. The minimum absolute atomic E-state index is 0.344. The molecule has 1 rings (SSSR count). The molecule has 16 heavy (non-hydrogen) atoms. The number of rotatable bonds is 4. The van der Waals surface area contributed by atoms with Gasteiger partial charge in [0.2, 0.25) is 0 Å². The van der Waals surface area contributed by atoms with Gasteiger partial charge in [0.1, 0.15) is 0 Å². The van der Waals surface area contributed by atoms with E-state index in [0.717, 1.165) is 0 Å². The number of aromatic nitrogens is 1. The Hall–Kier alpha value is -0.700. The van der Waals surface area contributed by atoms with Crippen LogP contribution in [0, 0.1) is 0 Å². The van der Waals surface area contributed by atoms with Crippen molar-refractivity contribution < 1.29 is 13.2 Å². The summed E-state index contributed by atoms with van der Waals surface area (Å²) in [4.78, 5) is 5.65. The van der Waals surface area contributed by atoms with Crippen LogP contribution in [0.3, 0.4) is 0 Å². The van der Waals surface area contributed by atoms with Crippen LogP contribution in [0.2, 0.25) is 0 Å². The van der Waals surface area contributed by atoms with Gasteiger partial charge in [-0.25, -0.2) is 4.98 Å². The first kappa shape index (κ1) is 13.4. The fraction of sp³-hybridized carbons (Fsp3) is 0.625. The maximum atomic E-state index is 12.3. The van der Waals surface area contributed by atoms with E-state index in [4.69, 9.17) is 5.84 Å². The van der Waals surface area contributed by atoms with Crippen molar-refractivity contribution in [2.75, 3.05) is 20.6 Å². The molecule has 1 aromatic rings. The second-order valence-corrected chi connectivity index (χ2v) is 4.61. The lowest BCUT2D eigenvalue weighted by Crippen LogP contribution is -2.34. The third kappa shape index (κ3) is 3.41. The van der Waals surface area contributed by atoms with Gasteiger partial charge in [-0.05, 0) is 14.1 Å². The molecule has 0 aliphatic carbocycles. The van der Waals surface area contributed by atoms with Crippen LogP contribution in [-0.2, 0) is 6.18 Å². The molecule has 0 saturated heterocycles. The molecular weight excluding hydrogens is 241 g/mol. The molecule has 4 nitrogen and oxygen atoms in total. The summed E-state index contributed by atoms with van der Waals surface area (Å²) in [6.45, 7) is 0.510. The normalized spacial score (nSPS) is 14.4. The van der Waals surface area contributed by atoms with Crippen molar-refractivity contribution in [1.82, 2.24) is 15.3 Å². The molecule has 0 aliphatic heterocycles. The summed E-state index contributed by atoms with van der Waals surface area (Å²) in [5, 5.41) is -0.846. The molecule has 8 heteroatoms. The maximum Gasteiger partial charge on any atom is 0.443 e. The number of hydrazine groups is 1. The molecule has 0 aromatic carbocycles. The largest absolute Gasteiger partial charge is 0.443 e. The molecule has 3 N–H and O–H groups in total. The number of halogens is 3.